The van der Waals surface area contributed by atoms with E-state index in [1.54, 1.807) is 22.8 Å². The summed E-state index contributed by atoms with van der Waals surface area (Å²) in [6.45, 7) is 2.82. The second kappa shape index (κ2) is 12.0. The lowest BCUT2D eigenvalue weighted by molar-refractivity contribution is -0.131. The fraction of sp³-hybridized carbons (Fsp3) is 0.214. The lowest BCUT2D eigenvalue weighted by atomic mass is 9.98. The first kappa shape index (κ1) is 28.3. The molecule has 2 N–H and O–H groups in total. The van der Waals surface area contributed by atoms with Crippen LogP contribution in [0.3, 0.4) is 0 Å². The lowest BCUT2D eigenvalue weighted by Gasteiger charge is -2.36. The van der Waals surface area contributed by atoms with Crippen molar-refractivity contribution in [1.82, 2.24) is 9.47 Å². The summed E-state index contributed by atoms with van der Waals surface area (Å²) in [6.07, 6.45) is 0.345. The van der Waals surface area contributed by atoms with Gasteiger partial charge in [-0.2, -0.15) is 0 Å². The molecule has 6 nitrogen and oxygen atoms in total. The van der Waals surface area contributed by atoms with Gasteiger partial charge >= 0.3 is 0 Å². The fourth-order valence-electron chi connectivity index (χ4n) is 4.85. The van der Waals surface area contributed by atoms with E-state index in [-0.39, 0.29) is 23.9 Å². The van der Waals surface area contributed by atoms with Gasteiger partial charge in [0, 0.05) is 66.9 Å². The average Bonchev–Trinajstić information content (AvgIpc) is 2.89. The van der Waals surface area contributed by atoms with Crippen LogP contribution in [0, 0.1) is 0 Å². The van der Waals surface area contributed by atoms with Crippen molar-refractivity contribution in [3.8, 4) is 16.8 Å². The zero-order valence-corrected chi connectivity index (χ0v) is 23.5. The monoisotopic (exact) mass is 590 g/mol. The van der Waals surface area contributed by atoms with Crippen molar-refractivity contribution < 1.29 is 4.79 Å². The number of nitrogens with zero attached hydrogens (tertiary/aromatic N) is 3. The van der Waals surface area contributed by atoms with Crippen LogP contribution in [0.25, 0.3) is 27.7 Å². The number of piperazine rings is 1. The third-order valence-electron chi connectivity index (χ3n) is 6.68. The van der Waals surface area contributed by atoms with Crippen LogP contribution in [-0.4, -0.2) is 48.1 Å². The van der Waals surface area contributed by atoms with E-state index in [4.69, 9.17) is 40.5 Å². The Labute approximate surface area is 241 Å². The molecule has 0 radical (unpaired) electrons. The maximum Gasteiger partial charge on any atom is 0.255 e. The Hall–Kier alpha value is -2.74. The molecule has 2 heterocycles. The molecule has 3 aromatic carbocycles. The van der Waals surface area contributed by atoms with E-state index in [0.717, 1.165) is 22.2 Å². The summed E-state index contributed by atoms with van der Waals surface area (Å²) in [5.41, 5.74) is 9.07. The van der Waals surface area contributed by atoms with E-state index in [0.29, 0.717) is 65.4 Å². The molecule has 0 atom stereocenters. The van der Waals surface area contributed by atoms with Crippen LogP contribution >= 0.6 is 47.2 Å². The van der Waals surface area contributed by atoms with Gasteiger partial charge in [0.25, 0.3) is 5.56 Å². The number of anilines is 1. The molecule has 1 aliphatic rings. The van der Waals surface area contributed by atoms with Crippen molar-refractivity contribution in [2.75, 3.05) is 37.6 Å². The van der Waals surface area contributed by atoms with Gasteiger partial charge in [-0.15, -0.1) is 12.4 Å². The van der Waals surface area contributed by atoms with Gasteiger partial charge in [0.1, 0.15) is 0 Å². The minimum atomic E-state index is -0.248. The van der Waals surface area contributed by atoms with Gasteiger partial charge in [0.2, 0.25) is 5.91 Å². The largest absolute Gasteiger partial charge is 0.368 e. The Morgan fingerprint density at radius 2 is 1.47 bits per heavy atom. The van der Waals surface area contributed by atoms with Crippen molar-refractivity contribution in [2.24, 2.45) is 5.73 Å². The molecule has 1 fully saturated rings. The molecule has 0 unspecified atom stereocenters. The van der Waals surface area contributed by atoms with E-state index in [2.05, 4.69) is 11.0 Å². The first-order valence-corrected chi connectivity index (χ1v) is 13.1. The number of benzene rings is 3. The number of aromatic nitrogens is 1. The summed E-state index contributed by atoms with van der Waals surface area (Å²) in [4.78, 5) is 29.7. The molecular formula is C28H26Cl4N4O2. The van der Waals surface area contributed by atoms with Crippen LogP contribution in [0.5, 0.6) is 0 Å². The second-order valence-electron chi connectivity index (χ2n) is 8.89. The van der Waals surface area contributed by atoms with Gasteiger partial charge in [-0.25, -0.2) is 0 Å². The van der Waals surface area contributed by atoms with Crippen LogP contribution < -0.4 is 16.2 Å². The third-order valence-corrected chi connectivity index (χ3v) is 7.62. The molecule has 4 aromatic rings. The molecule has 1 aliphatic heterocycles. The van der Waals surface area contributed by atoms with E-state index < -0.39 is 0 Å². The summed E-state index contributed by atoms with van der Waals surface area (Å²) in [5, 5.41) is 2.19. The molecule has 198 valence electrons. The summed E-state index contributed by atoms with van der Waals surface area (Å²) < 4.78 is 1.56. The lowest BCUT2D eigenvalue weighted by Crippen LogP contribution is -2.49. The van der Waals surface area contributed by atoms with E-state index >= 15 is 0 Å². The molecule has 1 aromatic heterocycles. The van der Waals surface area contributed by atoms with Gasteiger partial charge in [-0.3, -0.25) is 14.2 Å². The number of halogens is 4. The van der Waals surface area contributed by atoms with Crippen molar-refractivity contribution >= 4 is 69.7 Å². The van der Waals surface area contributed by atoms with Gasteiger partial charge < -0.3 is 15.5 Å². The van der Waals surface area contributed by atoms with Crippen LogP contribution in [0.2, 0.25) is 15.1 Å². The predicted octanol–water partition coefficient (Wildman–Crippen LogP) is 6.04. The topological polar surface area (TPSA) is 71.6 Å². The van der Waals surface area contributed by atoms with E-state index in [1.165, 1.54) is 6.07 Å². The maximum absolute atomic E-state index is 13.3. The number of fused-ring (bicyclic) bond motifs is 1. The second-order valence-corrected chi connectivity index (χ2v) is 10.1. The minimum Gasteiger partial charge on any atom is -0.368 e. The van der Waals surface area contributed by atoms with Crippen molar-refractivity contribution in [3.63, 3.8) is 0 Å². The van der Waals surface area contributed by atoms with Gasteiger partial charge in [0.05, 0.1) is 21.2 Å². The van der Waals surface area contributed by atoms with E-state index in [1.807, 2.05) is 41.3 Å². The fourth-order valence-corrected chi connectivity index (χ4v) is 5.65. The van der Waals surface area contributed by atoms with Crippen molar-refractivity contribution in [3.05, 3.63) is 92.2 Å². The van der Waals surface area contributed by atoms with Crippen molar-refractivity contribution in [2.45, 2.75) is 6.42 Å². The van der Waals surface area contributed by atoms with Crippen LogP contribution in [0.1, 0.15) is 6.42 Å². The number of rotatable bonds is 5. The predicted molar refractivity (Wildman–Crippen MR) is 160 cm³/mol. The van der Waals surface area contributed by atoms with Gasteiger partial charge in [-0.1, -0.05) is 59.1 Å². The molecule has 1 amide bonds. The Bertz CT molecular complexity index is 1530. The van der Waals surface area contributed by atoms with Gasteiger partial charge in [-0.05, 0) is 42.0 Å². The smallest absolute Gasteiger partial charge is 0.255 e. The number of para-hydroxylation sites is 1. The van der Waals surface area contributed by atoms with E-state index in [9.17, 15) is 9.59 Å². The standard InChI is InChI=1S/C28H25Cl3N4O2.ClH/c29-22-5-2-1-4-19(22)21-16-18(33-12-14-34(15-13-33)26(36)10-11-32)17-25-20(21)8-9-27(37)35(25)28-23(30)6-3-7-24(28)31;/h1-9,16-17H,10-15,32H2;1H. The number of carbonyl (C=O) groups is 1. The van der Waals surface area contributed by atoms with Gasteiger partial charge in [0.15, 0.2) is 0 Å². The molecule has 0 saturated carbocycles. The van der Waals surface area contributed by atoms with Crippen LogP contribution in [-0.2, 0) is 4.79 Å². The zero-order chi connectivity index (χ0) is 26.1. The zero-order valence-electron chi connectivity index (χ0n) is 20.4. The number of amides is 1. The Kier molecular flexibility index (Phi) is 8.91. The summed E-state index contributed by atoms with van der Waals surface area (Å²) >= 11 is 19.8. The Morgan fingerprint density at radius 1 is 0.816 bits per heavy atom. The minimum absolute atomic E-state index is 0. The first-order valence-electron chi connectivity index (χ1n) is 12.0. The highest BCUT2D eigenvalue weighted by atomic mass is 35.5. The molecule has 0 bridgehead atoms. The van der Waals surface area contributed by atoms with Crippen LogP contribution in [0.4, 0.5) is 5.69 Å². The highest BCUT2D eigenvalue weighted by Gasteiger charge is 2.23. The highest BCUT2D eigenvalue weighted by Crippen LogP contribution is 2.38. The molecule has 38 heavy (non-hydrogen) atoms. The average molecular weight is 592 g/mol. The SMILES string of the molecule is Cl.NCCC(=O)N1CCN(c2cc(-c3ccccc3Cl)c3ccc(=O)n(-c4c(Cl)cccc4Cl)c3c2)CC1. The quantitative estimate of drug-likeness (QED) is 0.307. The van der Waals surface area contributed by atoms with Crippen molar-refractivity contribution in [1.29, 1.82) is 0 Å². The number of nitrogens with two attached hydrogens (primary N) is 1. The number of hydrogen-bond acceptors (Lipinski definition) is 4. The normalized spacial score (nSPS) is 13.5. The molecule has 1 saturated heterocycles. The number of pyridine rings is 1. The molecule has 0 spiro atoms. The summed E-state index contributed by atoms with van der Waals surface area (Å²) in [6, 6.07) is 20.2. The molecule has 10 heteroatoms. The first-order chi connectivity index (χ1) is 17.9. The summed E-state index contributed by atoms with van der Waals surface area (Å²) in [7, 11) is 0. The number of hydrogen-bond donors (Lipinski definition) is 1. The number of carbonyl (C=O) groups excluding carboxylic acids is 1. The maximum atomic E-state index is 13.3. The Morgan fingerprint density at radius 3 is 2.13 bits per heavy atom. The third kappa shape index (κ3) is 5.37. The Balaban J connectivity index is 0.00000336. The van der Waals surface area contributed by atoms with Crippen LogP contribution in [0.15, 0.2) is 71.5 Å². The molecule has 5 rings (SSSR count). The summed E-state index contributed by atoms with van der Waals surface area (Å²) in [5.74, 6) is 0.0691. The molecule has 0 aliphatic carbocycles. The molecular weight excluding hydrogens is 566 g/mol. The highest BCUT2D eigenvalue weighted by molar-refractivity contribution is 6.38.